The lowest BCUT2D eigenvalue weighted by Crippen LogP contribution is -2.20. The molecule has 2 unspecified atom stereocenters. The van der Waals surface area contributed by atoms with Crippen molar-refractivity contribution in [3.63, 3.8) is 0 Å². The Morgan fingerprint density at radius 2 is 1.91 bits per heavy atom. The van der Waals surface area contributed by atoms with Gasteiger partial charge < -0.3 is 30.0 Å². The molecule has 43 heavy (non-hydrogen) atoms. The van der Waals surface area contributed by atoms with Crippen molar-refractivity contribution < 1.29 is 37.8 Å². The number of benzene rings is 3. The van der Waals surface area contributed by atoms with E-state index in [-0.39, 0.29) is 38.3 Å². The lowest BCUT2D eigenvalue weighted by atomic mass is 10.1. The second kappa shape index (κ2) is 12.1. The van der Waals surface area contributed by atoms with Crippen molar-refractivity contribution in [3.8, 4) is 28.9 Å². The molecule has 0 aliphatic carbocycles. The lowest BCUT2D eigenvalue weighted by Gasteiger charge is -2.22. The molecule has 5 rings (SSSR count). The lowest BCUT2D eigenvalue weighted by molar-refractivity contribution is 0.0692. The monoisotopic (exact) mass is 607 g/mol. The molecular formula is C29H23F2N5O6S. The van der Waals surface area contributed by atoms with Crippen molar-refractivity contribution in [2.75, 3.05) is 13.6 Å². The summed E-state index contributed by atoms with van der Waals surface area (Å²) in [6.45, 7) is 0.456. The number of hydrogen-bond acceptors (Lipinski definition) is 9. The zero-order chi connectivity index (χ0) is 30.8. The molecule has 0 saturated heterocycles. The predicted molar refractivity (Wildman–Crippen MR) is 152 cm³/mol. The molecule has 5 N–H and O–H groups in total. The average molecular weight is 608 g/mol. The van der Waals surface area contributed by atoms with Crippen LogP contribution >= 0.6 is 0 Å². The van der Waals surface area contributed by atoms with Gasteiger partial charge in [0.1, 0.15) is 23.3 Å². The summed E-state index contributed by atoms with van der Waals surface area (Å²) >= 11 is -1.93. The first-order chi connectivity index (χ1) is 20.5. The van der Waals surface area contributed by atoms with E-state index in [1.807, 2.05) is 0 Å². The minimum atomic E-state index is -1.93. The highest BCUT2D eigenvalue weighted by molar-refractivity contribution is 7.91. The summed E-state index contributed by atoms with van der Waals surface area (Å²) in [4.78, 5) is 21.8. The Bertz CT molecular complexity index is 1770. The second-order valence-electron chi connectivity index (χ2n) is 9.27. The highest BCUT2D eigenvalue weighted by Gasteiger charge is 2.30. The number of ether oxygens (including phenoxy) is 2. The number of hydrogen-bond donors (Lipinski definition) is 4. The van der Waals surface area contributed by atoms with E-state index in [0.29, 0.717) is 18.3 Å². The quantitative estimate of drug-likeness (QED) is 0.118. The maximum absolute atomic E-state index is 15.6. The van der Waals surface area contributed by atoms with Crippen LogP contribution in [0.5, 0.6) is 28.9 Å². The Kier molecular flexibility index (Phi) is 8.25. The third-order valence-corrected chi connectivity index (χ3v) is 7.85. The van der Waals surface area contributed by atoms with Gasteiger partial charge in [0.15, 0.2) is 27.1 Å². The Labute approximate surface area is 246 Å². The number of aromatic carboxylic acids is 1. The number of aromatic hydroxyl groups is 1. The standard InChI is InChI=1S/C29H23F2N5O6S/c1-36-11-10-34-27(36)18-13-16(43(40)23-5-3-2-4-17(23)29(38)39)7-9-21(18)41-25-19(30)14-35-28(24(25)31)42-22-12-15(26(32)33)6-8-20(22)37/h2-10,12-14,27,37H,11H2,1H3,(H3,32,33)(H,38,39). The molecule has 1 aromatic heterocycles. The molecule has 1 aliphatic rings. The summed E-state index contributed by atoms with van der Waals surface area (Å²) in [6.07, 6.45) is 1.64. The van der Waals surface area contributed by atoms with Crippen molar-refractivity contribution in [2.45, 2.75) is 16.0 Å². The number of pyridine rings is 1. The number of rotatable bonds is 9. The molecule has 4 aromatic rings. The number of carboxylic acids is 1. The second-order valence-corrected chi connectivity index (χ2v) is 10.7. The topological polar surface area (TPSA) is 177 Å². The van der Waals surface area contributed by atoms with Gasteiger partial charge in [-0.25, -0.2) is 14.2 Å². The molecule has 0 amide bonds. The number of aliphatic imine (C=N–C) groups is 1. The van der Waals surface area contributed by atoms with Crippen molar-refractivity contribution in [3.05, 3.63) is 95.2 Å². The Morgan fingerprint density at radius 3 is 2.60 bits per heavy atom. The average Bonchev–Trinajstić information content (AvgIpc) is 3.42. The van der Waals surface area contributed by atoms with Crippen LogP contribution < -0.4 is 15.2 Å². The molecule has 1 aliphatic heterocycles. The number of aromatic nitrogens is 1. The highest BCUT2D eigenvalue weighted by Crippen LogP contribution is 2.41. The SMILES string of the molecule is CN1CC=NC1c1cc([S+]([O-])c2ccccc2C(=O)O)ccc1Oc1c(F)cnc(Oc2cc(C(=N)N)ccc2O)c1F. The number of nitrogens with one attached hydrogen (secondary N) is 1. The maximum Gasteiger partial charge on any atom is 0.340 e. The zero-order valence-electron chi connectivity index (χ0n) is 22.3. The summed E-state index contributed by atoms with van der Waals surface area (Å²) in [5.41, 5.74) is 5.83. The van der Waals surface area contributed by atoms with Gasteiger partial charge in [-0.15, -0.1) is 0 Å². The largest absolute Gasteiger partial charge is 0.606 e. The third-order valence-electron chi connectivity index (χ3n) is 6.41. The molecule has 3 aromatic carbocycles. The van der Waals surface area contributed by atoms with Crippen LogP contribution in [0.1, 0.15) is 27.7 Å². The normalized spacial score (nSPS) is 15.3. The Balaban J connectivity index is 1.54. The third kappa shape index (κ3) is 5.97. The number of carbonyl (C=O) groups is 1. The summed E-state index contributed by atoms with van der Waals surface area (Å²) < 4.78 is 55.1. The summed E-state index contributed by atoms with van der Waals surface area (Å²) in [7, 11) is 1.76. The van der Waals surface area contributed by atoms with Crippen LogP contribution in [0.2, 0.25) is 0 Å². The molecule has 14 heteroatoms. The molecule has 11 nitrogen and oxygen atoms in total. The van der Waals surface area contributed by atoms with Gasteiger partial charge in [-0.05, 0) is 49.5 Å². The van der Waals surface area contributed by atoms with E-state index in [4.69, 9.17) is 20.6 Å². The fourth-order valence-corrected chi connectivity index (χ4v) is 5.49. The molecule has 2 atom stereocenters. The van der Waals surface area contributed by atoms with Crippen LogP contribution in [0.4, 0.5) is 8.78 Å². The van der Waals surface area contributed by atoms with E-state index in [9.17, 15) is 24.0 Å². The van der Waals surface area contributed by atoms with Crippen LogP contribution in [0.3, 0.4) is 0 Å². The first-order valence-corrected chi connectivity index (χ1v) is 13.7. The maximum atomic E-state index is 15.6. The van der Waals surface area contributed by atoms with Gasteiger partial charge in [-0.3, -0.25) is 15.3 Å². The summed E-state index contributed by atoms with van der Waals surface area (Å²) in [5.74, 6) is -6.39. The van der Waals surface area contributed by atoms with Crippen LogP contribution in [0.15, 0.2) is 81.6 Å². The minimum absolute atomic E-state index is 0.0282. The fraction of sp³-hybridized carbons (Fsp3) is 0.103. The number of phenolic OH excluding ortho intramolecular Hbond substituents is 1. The van der Waals surface area contributed by atoms with Gasteiger partial charge in [0, 0.05) is 41.1 Å². The van der Waals surface area contributed by atoms with Gasteiger partial charge in [-0.2, -0.15) is 4.39 Å². The van der Waals surface area contributed by atoms with Gasteiger partial charge in [0.2, 0.25) is 11.6 Å². The molecule has 0 spiro atoms. The number of amidine groups is 1. The van der Waals surface area contributed by atoms with E-state index < -0.39 is 52.3 Å². The molecule has 2 heterocycles. The Morgan fingerprint density at radius 1 is 1.14 bits per heavy atom. The zero-order valence-corrected chi connectivity index (χ0v) is 23.1. The van der Waals surface area contributed by atoms with Gasteiger partial charge in [0.25, 0.3) is 5.88 Å². The first-order valence-electron chi connectivity index (χ1n) is 12.5. The molecular weight excluding hydrogens is 584 g/mol. The van der Waals surface area contributed by atoms with Crippen LogP contribution in [-0.4, -0.2) is 56.3 Å². The van der Waals surface area contributed by atoms with E-state index in [1.54, 1.807) is 24.2 Å². The van der Waals surface area contributed by atoms with E-state index in [0.717, 1.165) is 0 Å². The number of nitrogen functional groups attached to an aromatic ring is 1. The highest BCUT2D eigenvalue weighted by atomic mass is 32.2. The first kappa shape index (κ1) is 29.4. The number of nitrogens with zero attached hydrogens (tertiary/aromatic N) is 3. The van der Waals surface area contributed by atoms with Gasteiger partial charge in [0.05, 0.1) is 6.20 Å². The fourth-order valence-electron chi connectivity index (χ4n) is 4.25. The molecule has 0 bridgehead atoms. The summed E-state index contributed by atoms with van der Waals surface area (Å²) in [6, 6.07) is 13.8. The molecule has 220 valence electrons. The van der Waals surface area contributed by atoms with Crippen molar-refractivity contribution in [1.82, 2.24) is 9.88 Å². The Hall–Kier alpha value is -5.05. The molecule has 0 fully saturated rings. The molecule has 0 radical (unpaired) electrons. The van der Waals surface area contributed by atoms with Crippen molar-refractivity contribution in [2.24, 2.45) is 10.7 Å². The molecule has 0 saturated carbocycles. The van der Waals surface area contributed by atoms with Gasteiger partial charge in [-0.1, -0.05) is 12.1 Å². The van der Waals surface area contributed by atoms with Gasteiger partial charge >= 0.3 is 5.97 Å². The summed E-state index contributed by atoms with van der Waals surface area (Å²) in [5, 5.41) is 27.3. The number of halogens is 2. The number of phenols is 1. The van der Waals surface area contributed by atoms with E-state index >= 15 is 4.39 Å². The van der Waals surface area contributed by atoms with Crippen LogP contribution in [-0.2, 0) is 11.2 Å². The van der Waals surface area contributed by atoms with Crippen LogP contribution in [0.25, 0.3) is 0 Å². The minimum Gasteiger partial charge on any atom is -0.606 e. The van der Waals surface area contributed by atoms with E-state index in [2.05, 4.69) is 9.98 Å². The van der Waals surface area contributed by atoms with Crippen molar-refractivity contribution >= 4 is 29.2 Å². The van der Waals surface area contributed by atoms with E-state index in [1.165, 1.54) is 54.6 Å². The van der Waals surface area contributed by atoms with Crippen molar-refractivity contribution in [1.29, 1.82) is 5.41 Å². The smallest absolute Gasteiger partial charge is 0.340 e. The number of nitrogens with two attached hydrogens (primary N) is 1. The predicted octanol–water partition coefficient (Wildman–Crippen LogP) is 4.81. The number of carboxylic acid groups (broad SMARTS) is 1. The van der Waals surface area contributed by atoms with Crippen LogP contribution in [0, 0.1) is 17.0 Å².